The molecule has 0 saturated carbocycles. The number of aromatic nitrogens is 2. The number of amides is 2. The monoisotopic (exact) mass is 600 g/mol. The molecule has 0 radical (unpaired) electrons. The van der Waals surface area contributed by atoms with Crippen molar-refractivity contribution in [3.63, 3.8) is 0 Å². The lowest BCUT2D eigenvalue weighted by Crippen LogP contribution is -2.51. The Bertz CT molecular complexity index is 1250. The lowest BCUT2D eigenvalue weighted by atomic mass is 9.95. The number of rotatable bonds is 10. The molecule has 10 nitrogen and oxygen atoms in total. The Morgan fingerprint density at radius 3 is 2.52 bits per heavy atom. The van der Waals surface area contributed by atoms with Crippen LogP contribution in [-0.4, -0.2) is 74.4 Å². The van der Waals surface area contributed by atoms with Gasteiger partial charge in [0.2, 0.25) is 11.8 Å². The predicted octanol–water partition coefficient (Wildman–Crippen LogP) is 5.62. The molecular formula is C31H48N4O6Si. The summed E-state index contributed by atoms with van der Waals surface area (Å²) in [6.45, 7) is 17.2. The number of hydrogen-bond donors (Lipinski definition) is 2. The van der Waals surface area contributed by atoms with Gasteiger partial charge >= 0.3 is 6.09 Å². The summed E-state index contributed by atoms with van der Waals surface area (Å²) in [6, 6.07) is 5.17. The van der Waals surface area contributed by atoms with Crippen LogP contribution in [0.4, 0.5) is 4.79 Å². The van der Waals surface area contributed by atoms with Crippen LogP contribution in [0.2, 0.25) is 18.1 Å². The van der Waals surface area contributed by atoms with Crippen LogP contribution in [0.25, 0.3) is 17.1 Å². The molecule has 1 aliphatic heterocycles. The van der Waals surface area contributed by atoms with Crippen LogP contribution in [0.15, 0.2) is 30.5 Å². The van der Waals surface area contributed by atoms with Gasteiger partial charge in [-0.1, -0.05) is 32.9 Å². The zero-order valence-electron chi connectivity index (χ0n) is 26.6. The molecule has 232 valence electrons. The van der Waals surface area contributed by atoms with Crippen LogP contribution in [0.3, 0.4) is 0 Å². The van der Waals surface area contributed by atoms with Crippen LogP contribution >= 0.6 is 0 Å². The Morgan fingerprint density at radius 2 is 1.86 bits per heavy atom. The first kappa shape index (κ1) is 33.5. The van der Waals surface area contributed by atoms with Crippen molar-refractivity contribution in [2.24, 2.45) is 0 Å². The Hall–Kier alpha value is -3.02. The van der Waals surface area contributed by atoms with Crippen LogP contribution in [-0.2, 0) is 18.7 Å². The number of carbonyl (C=O) groups is 2. The van der Waals surface area contributed by atoms with E-state index in [9.17, 15) is 9.59 Å². The van der Waals surface area contributed by atoms with Gasteiger partial charge in [-0.15, -0.1) is 0 Å². The Kier molecular flexibility index (Phi) is 11.1. The number of fused-ring (bicyclic) bond motifs is 1. The number of pyridine rings is 2. The molecule has 0 aromatic carbocycles. The topological polar surface area (TPSA) is 121 Å². The van der Waals surface area contributed by atoms with Crippen molar-refractivity contribution in [3.8, 4) is 5.88 Å². The molecule has 1 saturated heterocycles. The number of nitrogens with zero attached hydrogens (tertiary/aromatic N) is 2. The first-order chi connectivity index (χ1) is 19.6. The van der Waals surface area contributed by atoms with Gasteiger partial charge in [0, 0.05) is 24.4 Å². The van der Waals surface area contributed by atoms with Crippen LogP contribution in [0.1, 0.15) is 66.4 Å². The second-order valence-electron chi connectivity index (χ2n) is 13.2. The van der Waals surface area contributed by atoms with E-state index in [2.05, 4.69) is 54.5 Å². The van der Waals surface area contributed by atoms with Crippen molar-refractivity contribution in [3.05, 3.63) is 36.0 Å². The fourth-order valence-electron chi connectivity index (χ4n) is 4.33. The second kappa shape index (κ2) is 14.0. The van der Waals surface area contributed by atoms with Crippen LogP contribution in [0.5, 0.6) is 5.88 Å². The molecule has 1 fully saturated rings. The molecule has 3 rings (SSSR count). The van der Waals surface area contributed by atoms with Crippen molar-refractivity contribution < 1.29 is 28.2 Å². The van der Waals surface area contributed by atoms with Gasteiger partial charge in [-0.25, -0.2) is 9.78 Å². The molecule has 0 spiro atoms. The van der Waals surface area contributed by atoms with Crippen LogP contribution in [0, 0.1) is 0 Å². The van der Waals surface area contributed by atoms with Crippen LogP contribution < -0.4 is 15.4 Å². The number of hydrogen-bond acceptors (Lipinski definition) is 8. The van der Waals surface area contributed by atoms with Gasteiger partial charge in [0.05, 0.1) is 49.4 Å². The third kappa shape index (κ3) is 9.77. The number of methoxy groups -OCH3 is 1. The second-order valence-corrected chi connectivity index (χ2v) is 18.0. The summed E-state index contributed by atoms with van der Waals surface area (Å²) >= 11 is 0. The third-order valence-corrected chi connectivity index (χ3v) is 12.2. The van der Waals surface area contributed by atoms with Gasteiger partial charge < -0.3 is 29.3 Å². The van der Waals surface area contributed by atoms with Gasteiger partial charge in [0.15, 0.2) is 8.32 Å². The quantitative estimate of drug-likeness (QED) is 0.266. The maximum atomic E-state index is 13.0. The molecular weight excluding hydrogens is 552 g/mol. The summed E-state index contributed by atoms with van der Waals surface area (Å²) < 4.78 is 23.3. The molecule has 3 heterocycles. The molecule has 0 unspecified atom stereocenters. The van der Waals surface area contributed by atoms with Gasteiger partial charge in [0.1, 0.15) is 5.60 Å². The average Bonchev–Trinajstić information content (AvgIpc) is 2.89. The molecule has 0 aliphatic carbocycles. The molecule has 2 aromatic rings. The molecule has 2 amide bonds. The Labute approximate surface area is 251 Å². The first-order valence-electron chi connectivity index (χ1n) is 14.6. The van der Waals surface area contributed by atoms with Gasteiger partial charge in [-0.3, -0.25) is 9.78 Å². The number of alkyl carbamates (subject to hydrolysis) is 1. The summed E-state index contributed by atoms with van der Waals surface area (Å²) in [5.41, 5.74) is 1.74. The van der Waals surface area contributed by atoms with E-state index in [0.29, 0.717) is 31.9 Å². The van der Waals surface area contributed by atoms with Gasteiger partial charge in [-0.05, 0) is 63.9 Å². The van der Waals surface area contributed by atoms with E-state index in [1.807, 2.05) is 45.1 Å². The smallest absolute Gasteiger partial charge is 0.407 e. The van der Waals surface area contributed by atoms with Gasteiger partial charge in [0.25, 0.3) is 0 Å². The standard InChI is InChI=1S/C31H48N4O6Si/c1-30(2,3)41-29(37)34-23-13-12-22(11-10-21-16-17-32-24-14-15-27(38-7)35-28(21)24)40-25(23)20-26(36)33-18-19-39-42(8,9)31(4,5)6/h10-11,14-17,22-23,25H,12-13,18-20H2,1-9H3,(H,33,36)(H,34,37)/t22-,23-,25-/m1/s1. The number of nitrogens with one attached hydrogen (secondary N) is 2. The van der Waals surface area contributed by atoms with Crippen molar-refractivity contribution >= 4 is 37.4 Å². The minimum atomic E-state index is -1.90. The molecule has 1 aliphatic rings. The zero-order valence-corrected chi connectivity index (χ0v) is 27.6. The normalized spacial score (nSPS) is 20.0. The molecule has 11 heteroatoms. The van der Waals surface area contributed by atoms with E-state index < -0.39 is 26.1 Å². The maximum Gasteiger partial charge on any atom is 0.407 e. The zero-order chi connectivity index (χ0) is 31.1. The Morgan fingerprint density at radius 1 is 1.12 bits per heavy atom. The van der Waals surface area contributed by atoms with E-state index >= 15 is 0 Å². The molecule has 2 aromatic heterocycles. The van der Waals surface area contributed by atoms with Crippen molar-refractivity contribution in [2.75, 3.05) is 20.3 Å². The van der Waals surface area contributed by atoms with Crippen molar-refractivity contribution in [1.29, 1.82) is 0 Å². The molecule has 2 N–H and O–H groups in total. The highest BCUT2D eigenvalue weighted by molar-refractivity contribution is 6.74. The lowest BCUT2D eigenvalue weighted by Gasteiger charge is -2.36. The van der Waals surface area contributed by atoms with Crippen molar-refractivity contribution in [1.82, 2.24) is 20.6 Å². The summed E-state index contributed by atoms with van der Waals surface area (Å²) in [5, 5.41) is 5.98. The minimum absolute atomic E-state index is 0.0979. The largest absolute Gasteiger partial charge is 0.481 e. The van der Waals surface area contributed by atoms with E-state index in [0.717, 1.165) is 16.6 Å². The SMILES string of the molecule is COc1ccc2nccc(C=C[C@@H]3CC[C@@H](NC(=O)OC(C)(C)C)[C@@H](CC(=O)NCCO[Si](C)(C)C(C)(C)C)O3)c2n1. The highest BCUT2D eigenvalue weighted by Crippen LogP contribution is 2.36. The highest BCUT2D eigenvalue weighted by atomic mass is 28.4. The fraction of sp³-hybridized carbons (Fsp3) is 0.613. The Balaban J connectivity index is 1.68. The lowest BCUT2D eigenvalue weighted by molar-refractivity contribution is -0.127. The maximum absolute atomic E-state index is 13.0. The van der Waals surface area contributed by atoms with E-state index in [4.69, 9.17) is 18.6 Å². The minimum Gasteiger partial charge on any atom is -0.481 e. The first-order valence-corrected chi connectivity index (χ1v) is 17.5. The number of ether oxygens (including phenoxy) is 3. The highest BCUT2D eigenvalue weighted by Gasteiger charge is 2.37. The van der Waals surface area contributed by atoms with Crippen molar-refractivity contribution in [2.45, 2.75) is 103 Å². The van der Waals surface area contributed by atoms with E-state index in [1.165, 1.54) is 0 Å². The summed E-state index contributed by atoms with van der Waals surface area (Å²) in [7, 11) is -0.319. The third-order valence-electron chi connectivity index (χ3n) is 7.63. The van der Waals surface area contributed by atoms with Gasteiger partial charge in [-0.2, -0.15) is 0 Å². The average molecular weight is 601 g/mol. The number of carbonyl (C=O) groups excluding carboxylic acids is 2. The molecule has 0 bridgehead atoms. The summed E-state index contributed by atoms with van der Waals surface area (Å²) in [6.07, 6.45) is 5.74. The predicted molar refractivity (Wildman–Crippen MR) is 167 cm³/mol. The summed E-state index contributed by atoms with van der Waals surface area (Å²) in [5.74, 6) is 0.354. The molecule has 3 atom stereocenters. The fourth-order valence-corrected chi connectivity index (χ4v) is 5.37. The van der Waals surface area contributed by atoms with E-state index in [-0.39, 0.29) is 29.5 Å². The summed E-state index contributed by atoms with van der Waals surface area (Å²) in [4.78, 5) is 34.5. The van der Waals surface area contributed by atoms with E-state index in [1.54, 1.807) is 19.4 Å². The molecule has 42 heavy (non-hydrogen) atoms.